The van der Waals surface area contributed by atoms with Crippen molar-refractivity contribution in [3.63, 3.8) is 0 Å². The third-order valence-electron chi connectivity index (χ3n) is 18.3. The summed E-state index contributed by atoms with van der Waals surface area (Å²) in [6.07, 6.45) is 94.0. The fourth-order valence-electron chi connectivity index (χ4n) is 12.4. The summed E-state index contributed by atoms with van der Waals surface area (Å²) in [5.41, 5.74) is 0. The first-order chi connectivity index (χ1) is 41.5. The second-order valence-electron chi connectivity index (χ2n) is 26.7. The molecule has 0 saturated heterocycles. The summed E-state index contributed by atoms with van der Waals surface area (Å²) in [7, 11) is 0. The van der Waals surface area contributed by atoms with Crippen molar-refractivity contribution in [2.75, 3.05) is 13.2 Å². The first-order valence-corrected chi connectivity index (χ1v) is 38.6. The van der Waals surface area contributed by atoms with E-state index < -0.39 is 12.1 Å². The Labute approximate surface area is 526 Å². The molecule has 0 aliphatic heterocycles. The molecule has 6 heteroatoms. The lowest BCUT2D eigenvalue weighted by Crippen LogP contribution is -2.45. The lowest BCUT2D eigenvalue weighted by atomic mass is 10.0. The van der Waals surface area contributed by atoms with Gasteiger partial charge < -0.3 is 20.3 Å². The van der Waals surface area contributed by atoms with Crippen molar-refractivity contribution >= 4 is 11.9 Å². The molecule has 498 valence electrons. The molecule has 0 aromatic carbocycles. The molecule has 2 unspecified atom stereocenters. The highest BCUT2D eigenvalue weighted by Crippen LogP contribution is 2.20. The number of aliphatic hydroxyl groups is 2. The SMILES string of the molecule is CCCCC/C=C\C/C=C\CCCCCCCCCC(=O)OCCCCCCCCCCCCCCCCCCCCCCCCCCCCCCCC(=O)NC(CO)C(O)CCCCCCCCCCCCCCCCCCCCCCC. The first-order valence-electron chi connectivity index (χ1n) is 38.6. The Morgan fingerprint density at radius 3 is 0.929 bits per heavy atom. The maximum Gasteiger partial charge on any atom is 0.305 e. The molecule has 0 aromatic rings. The van der Waals surface area contributed by atoms with Gasteiger partial charge in [-0.25, -0.2) is 0 Å². The Morgan fingerprint density at radius 2 is 0.595 bits per heavy atom. The number of allylic oxidation sites excluding steroid dienone is 4. The topological polar surface area (TPSA) is 95.9 Å². The number of carbonyl (C=O) groups is 2. The Kier molecular flexibility index (Phi) is 72.3. The van der Waals surface area contributed by atoms with Crippen LogP contribution in [0.2, 0.25) is 0 Å². The number of rotatable bonds is 73. The van der Waals surface area contributed by atoms with Gasteiger partial charge in [0.15, 0.2) is 0 Å². The van der Waals surface area contributed by atoms with E-state index in [2.05, 4.69) is 43.5 Å². The van der Waals surface area contributed by atoms with Crippen LogP contribution in [0, 0.1) is 0 Å². The molecule has 0 rings (SSSR count). The largest absolute Gasteiger partial charge is 0.466 e. The summed E-state index contributed by atoms with van der Waals surface area (Å²) < 4.78 is 5.50. The summed E-state index contributed by atoms with van der Waals surface area (Å²) in [4.78, 5) is 24.7. The fraction of sp³-hybridized carbons (Fsp3) is 0.923. The summed E-state index contributed by atoms with van der Waals surface area (Å²) >= 11 is 0. The van der Waals surface area contributed by atoms with Crippen molar-refractivity contribution in [1.82, 2.24) is 5.32 Å². The number of hydrogen-bond acceptors (Lipinski definition) is 5. The van der Waals surface area contributed by atoms with Gasteiger partial charge in [0, 0.05) is 12.8 Å². The summed E-state index contributed by atoms with van der Waals surface area (Å²) in [5, 5.41) is 23.4. The Balaban J connectivity index is 3.34. The van der Waals surface area contributed by atoms with Gasteiger partial charge in [-0.2, -0.15) is 0 Å². The molecule has 0 aliphatic carbocycles. The number of amides is 1. The number of ether oxygens (including phenoxy) is 1. The van der Waals surface area contributed by atoms with E-state index in [-0.39, 0.29) is 18.5 Å². The van der Waals surface area contributed by atoms with Crippen LogP contribution >= 0.6 is 0 Å². The van der Waals surface area contributed by atoms with Gasteiger partial charge in [-0.15, -0.1) is 0 Å². The van der Waals surface area contributed by atoms with Crippen LogP contribution < -0.4 is 5.32 Å². The Hall–Kier alpha value is -1.66. The van der Waals surface area contributed by atoms with Crippen molar-refractivity contribution in [3.8, 4) is 0 Å². The smallest absolute Gasteiger partial charge is 0.305 e. The average Bonchev–Trinajstić information content (AvgIpc) is 3.51. The van der Waals surface area contributed by atoms with E-state index >= 15 is 0 Å². The minimum Gasteiger partial charge on any atom is -0.466 e. The second-order valence-corrected chi connectivity index (χ2v) is 26.7. The quantitative estimate of drug-likeness (QED) is 0.0320. The van der Waals surface area contributed by atoms with E-state index in [1.807, 2.05) is 0 Å². The highest BCUT2D eigenvalue weighted by atomic mass is 16.5. The molecule has 0 saturated carbocycles. The molecule has 0 spiro atoms. The molecule has 0 fully saturated rings. The summed E-state index contributed by atoms with van der Waals surface area (Å²) in [5.74, 6) is -0.0136. The number of nitrogens with one attached hydrogen (secondary N) is 1. The molecule has 84 heavy (non-hydrogen) atoms. The van der Waals surface area contributed by atoms with Gasteiger partial charge >= 0.3 is 5.97 Å². The summed E-state index contributed by atoms with van der Waals surface area (Å²) in [6.45, 7) is 4.98. The van der Waals surface area contributed by atoms with Crippen LogP contribution in [-0.4, -0.2) is 47.4 Å². The lowest BCUT2D eigenvalue weighted by Gasteiger charge is -2.22. The molecule has 2 atom stereocenters. The molecule has 1 amide bonds. The zero-order chi connectivity index (χ0) is 60.6. The van der Waals surface area contributed by atoms with Crippen LogP contribution in [0.15, 0.2) is 24.3 Å². The number of unbranched alkanes of at least 4 members (excludes halogenated alkanes) is 58. The maximum absolute atomic E-state index is 12.6. The van der Waals surface area contributed by atoms with Crippen LogP contribution in [0.1, 0.15) is 438 Å². The summed E-state index contributed by atoms with van der Waals surface area (Å²) in [6, 6.07) is -0.540. The van der Waals surface area contributed by atoms with Crippen molar-refractivity contribution < 1.29 is 24.5 Å². The van der Waals surface area contributed by atoms with Gasteiger partial charge in [0.1, 0.15) is 0 Å². The van der Waals surface area contributed by atoms with Gasteiger partial charge in [-0.1, -0.05) is 391 Å². The number of aliphatic hydroxyl groups excluding tert-OH is 2. The zero-order valence-electron chi connectivity index (χ0n) is 57.2. The predicted octanol–water partition coefficient (Wildman–Crippen LogP) is 25.3. The molecule has 6 nitrogen and oxygen atoms in total. The van der Waals surface area contributed by atoms with Crippen LogP contribution in [0.3, 0.4) is 0 Å². The van der Waals surface area contributed by atoms with Gasteiger partial charge in [0.05, 0.1) is 25.4 Å². The monoisotopic (exact) mass is 1180 g/mol. The van der Waals surface area contributed by atoms with Crippen molar-refractivity contribution in [1.29, 1.82) is 0 Å². The molecular weight excluding hydrogens is 1030 g/mol. The zero-order valence-corrected chi connectivity index (χ0v) is 57.2. The van der Waals surface area contributed by atoms with E-state index in [1.165, 1.54) is 353 Å². The maximum atomic E-state index is 12.6. The van der Waals surface area contributed by atoms with E-state index in [9.17, 15) is 19.8 Å². The average molecular weight is 1180 g/mol. The second kappa shape index (κ2) is 73.8. The van der Waals surface area contributed by atoms with Crippen molar-refractivity contribution in [2.24, 2.45) is 0 Å². The fourth-order valence-corrected chi connectivity index (χ4v) is 12.4. The molecule has 0 bridgehead atoms. The number of hydrogen-bond donors (Lipinski definition) is 3. The van der Waals surface area contributed by atoms with E-state index in [0.29, 0.717) is 25.9 Å². The molecule has 0 heterocycles. The van der Waals surface area contributed by atoms with Crippen molar-refractivity contribution in [2.45, 2.75) is 450 Å². The third-order valence-corrected chi connectivity index (χ3v) is 18.3. The van der Waals surface area contributed by atoms with Crippen LogP contribution in [-0.2, 0) is 14.3 Å². The van der Waals surface area contributed by atoms with Crippen LogP contribution in [0.5, 0.6) is 0 Å². The molecular formula is C78H151NO5. The van der Waals surface area contributed by atoms with Gasteiger partial charge in [0.25, 0.3) is 0 Å². The highest BCUT2D eigenvalue weighted by molar-refractivity contribution is 5.76. The van der Waals surface area contributed by atoms with Gasteiger partial charge in [-0.3, -0.25) is 9.59 Å². The molecule has 0 aliphatic rings. The minimum absolute atomic E-state index is 0.0127. The number of carbonyl (C=O) groups excluding carboxylic acids is 2. The lowest BCUT2D eigenvalue weighted by molar-refractivity contribution is -0.143. The van der Waals surface area contributed by atoms with E-state index in [0.717, 1.165) is 51.4 Å². The standard InChI is InChI=1S/C78H151NO5/c1-3-5-7-9-11-13-15-17-19-21-22-32-35-39-42-46-50-54-58-62-66-70-76(81)75(74-80)79-77(82)71-67-63-59-55-51-47-43-40-36-33-30-28-26-24-23-25-27-29-31-34-37-41-45-49-53-57-61-65-69-73-84-78(83)72-68-64-60-56-52-48-44-38-20-18-16-14-12-10-8-6-4-2/h12,14,18,20,75-76,80-81H,3-11,13,15-17,19,21-74H2,1-2H3,(H,79,82)/b14-12-,20-18-. The Morgan fingerprint density at radius 1 is 0.333 bits per heavy atom. The number of esters is 1. The minimum atomic E-state index is -0.663. The highest BCUT2D eigenvalue weighted by Gasteiger charge is 2.20. The predicted molar refractivity (Wildman–Crippen MR) is 370 cm³/mol. The first kappa shape index (κ1) is 82.3. The molecule has 3 N–H and O–H groups in total. The normalized spacial score (nSPS) is 12.6. The van der Waals surface area contributed by atoms with Gasteiger partial charge in [-0.05, 0) is 57.8 Å². The molecule has 0 radical (unpaired) electrons. The van der Waals surface area contributed by atoms with E-state index in [4.69, 9.17) is 4.74 Å². The van der Waals surface area contributed by atoms with Gasteiger partial charge in [0.2, 0.25) is 5.91 Å². The van der Waals surface area contributed by atoms with Crippen LogP contribution in [0.25, 0.3) is 0 Å². The third kappa shape index (κ3) is 69.4. The van der Waals surface area contributed by atoms with Crippen LogP contribution in [0.4, 0.5) is 0 Å². The Bertz CT molecular complexity index is 1320. The molecule has 0 aromatic heterocycles. The van der Waals surface area contributed by atoms with Crippen molar-refractivity contribution in [3.05, 3.63) is 24.3 Å². The van der Waals surface area contributed by atoms with E-state index in [1.54, 1.807) is 0 Å².